The fourth-order valence-electron chi connectivity index (χ4n) is 2.50. The molecule has 1 aromatic heterocycles. The third-order valence-corrected chi connectivity index (χ3v) is 3.90. The van der Waals surface area contributed by atoms with Gasteiger partial charge >= 0.3 is 0 Å². The molecule has 22 heavy (non-hydrogen) atoms. The molecule has 0 radical (unpaired) electrons. The summed E-state index contributed by atoms with van der Waals surface area (Å²) in [5, 5.41) is 14.2. The molecule has 1 aromatic carbocycles. The summed E-state index contributed by atoms with van der Waals surface area (Å²) < 4.78 is 1.87. The second-order valence-electron chi connectivity index (χ2n) is 5.52. The van der Waals surface area contributed by atoms with Gasteiger partial charge in [0.2, 0.25) is 5.91 Å². The maximum Gasteiger partial charge on any atom is 0.224 e. The SMILES string of the molecule is Cc1c(NC(=O)CC2CNC2)cccc1-c1nncn1C.Cl. The van der Waals surface area contributed by atoms with E-state index in [4.69, 9.17) is 0 Å². The van der Waals surface area contributed by atoms with Crippen LogP contribution in [0, 0.1) is 12.8 Å². The van der Waals surface area contributed by atoms with Gasteiger partial charge in [-0.05, 0) is 37.6 Å². The average Bonchev–Trinajstić information content (AvgIpc) is 2.83. The van der Waals surface area contributed by atoms with Crippen LogP contribution in [0.25, 0.3) is 11.4 Å². The lowest BCUT2D eigenvalue weighted by Crippen LogP contribution is -2.43. The summed E-state index contributed by atoms with van der Waals surface area (Å²) in [5.41, 5.74) is 2.83. The Hall–Kier alpha value is -1.92. The lowest BCUT2D eigenvalue weighted by molar-refractivity contribution is -0.117. The molecule has 1 aliphatic heterocycles. The number of hydrogen-bond donors (Lipinski definition) is 2. The topological polar surface area (TPSA) is 71.8 Å². The van der Waals surface area contributed by atoms with Crippen molar-refractivity contribution in [3.63, 3.8) is 0 Å². The first-order valence-electron chi connectivity index (χ1n) is 7.09. The zero-order valence-electron chi connectivity index (χ0n) is 12.7. The molecular formula is C15H20ClN5O. The third-order valence-electron chi connectivity index (χ3n) is 3.90. The van der Waals surface area contributed by atoms with Crippen molar-refractivity contribution in [1.29, 1.82) is 0 Å². The second kappa shape index (κ2) is 6.89. The van der Waals surface area contributed by atoms with Gasteiger partial charge in [-0.3, -0.25) is 4.79 Å². The Morgan fingerprint density at radius 1 is 1.45 bits per heavy atom. The molecule has 0 bridgehead atoms. The number of carbonyl (C=O) groups excluding carboxylic acids is 1. The van der Waals surface area contributed by atoms with Crippen LogP contribution >= 0.6 is 12.4 Å². The van der Waals surface area contributed by atoms with Crippen molar-refractivity contribution in [3.8, 4) is 11.4 Å². The highest BCUT2D eigenvalue weighted by Gasteiger charge is 2.20. The molecule has 118 valence electrons. The standard InChI is InChI=1S/C15H19N5O.ClH/c1-10-12(15-19-17-9-20(15)2)4-3-5-13(10)18-14(21)6-11-7-16-8-11;/h3-5,9,11,16H,6-8H2,1-2H3,(H,18,21);1H. The van der Waals surface area contributed by atoms with Gasteiger partial charge in [0, 0.05) is 24.7 Å². The molecule has 0 saturated carbocycles. The number of benzene rings is 1. The number of hydrogen-bond acceptors (Lipinski definition) is 4. The molecule has 0 aliphatic carbocycles. The Morgan fingerprint density at radius 3 is 2.82 bits per heavy atom. The molecule has 2 heterocycles. The number of aromatic nitrogens is 3. The van der Waals surface area contributed by atoms with Crippen LogP contribution in [0.5, 0.6) is 0 Å². The first-order valence-corrected chi connectivity index (χ1v) is 7.09. The summed E-state index contributed by atoms with van der Waals surface area (Å²) in [6.07, 6.45) is 2.24. The van der Waals surface area contributed by atoms with E-state index < -0.39 is 0 Å². The molecular weight excluding hydrogens is 302 g/mol. The minimum atomic E-state index is 0. The van der Waals surface area contributed by atoms with Gasteiger partial charge in [-0.2, -0.15) is 0 Å². The molecule has 6 nitrogen and oxygen atoms in total. The number of aryl methyl sites for hydroxylation is 1. The molecule has 0 atom stereocenters. The predicted octanol–water partition coefficient (Wildman–Crippen LogP) is 1.76. The lowest BCUT2D eigenvalue weighted by atomic mass is 9.99. The van der Waals surface area contributed by atoms with Crippen LogP contribution < -0.4 is 10.6 Å². The van der Waals surface area contributed by atoms with Crippen LogP contribution in [-0.2, 0) is 11.8 Å². The van der Waals surface area contributed by atoms with Crippen molar-refractivity contribution < 1.29 is 4.79 Å². The minimum Gasteiger partial charge on any atom is -0.326 e. The zero-order chi connectivity index (χ0) is 14.8. The first kappa shape index (κ1) is 16.5. The van der Waals surface area contributed by atoms with Crippen LogP contribution in [0.4, 0.5) is 5.69 Å². The van der Waals surface area contributed by atoms with Crippen molar-refractivity contribution in [1.82, 2.24) is 20.1 Å². The normalized spacial score (nSPS) is 14.1. The number of anilines is 1. The number of nitrogens with one attached hydrogen (secondary N) is 2. The average molecular weight is 322 g/mol. The third kappa shape index (κ3) is 3.28. The van der Waals surface area contributed by atoms with E-state index in [9.17, 15) is 4.79 Å². The number of amides is 1. The highest BCUT2D eigenvalue weighted by molar-refractivity contribution is 5.92. The Bertz CT molecular complexity index is 666. The lowest BCUT2D eigenvalue weighted by Gasteiger charge is -2.26. The second-order valence-corrected chi connectivity index (χ2v) is 5.52. The smallest absolute Gasteiger partial charge is 0.224 e. The van der Waals surface area contributed by atoms with Gasteiger partial charge in [-0.25, -0.2) is 0 Å². The zero-order valence-corrected chi connectivity index (χ0v) is 13.5. The predicted molar refractivity (Wildman–Crippen MR) is 88.0 cm³/mol. The van der Waals surface area contributed by atoms with Gasteiger partial charge in [-0.15, -0.1) is 22.6 Å². The molecule has 0 spiro atoms. The molecule has 1 fully saturated rings. The summed E-state index contributed by atoms with van der Waals surface area (Å²) in [4.78, 5) is 12.1. The van der Waals surface area contributed by atoms with Crippen molar-refractivity contribution in [3.05, 3.63) is 30.1 Å². The largest absolute Gasteiger partial charge is 0.326 e. The van der Waals surface area contributed by atoms with Crippen LogP contribution in [0.2, 0.25) is 0 Å². The van der Waals surface area contributed by atoms with E-state index in [-0.39, 0.29) is 18.3 Å². The number of halogens is 1. The molecule has 3 rings (SSSR count). The highest BCUT2D eigenvalue weighted by atomic mass is 35.5. The van der Waals surface area contributed by atoms with Crippen LogP contribution in [0.15, 0.2) is 24.5 Å². The van der Waals surface area contributed by atoms with Gasteiger partial charge in [0.1, 0.15) is 6.33 Å². The Morgan fingerprint density at radius 2 is 2.23 bits per heavy atom. The monoisotopic (exact) mass is 321 g/mol. The quantitative estimate of drug-likeness (QED) is 0.900. The van der Waals surface area contributed by atoms with Gasteiger partial charge in [-0.1, -0.05) is 12.1 Å². The van der Waals surface area contributed by atoms with E-state index in [0.29, 0.717) is 12.3 Å². The number of rotatable bonds is 4. The van der Waals surface area contributed by atoms with Crippen molar-refractivity contribution in [2.24, 2.45) is 13.0 Å². The van der Waals surface area contributed by atoms with Crippen molar-refractivity contribution in [2.75, 3.05) is 18.4 Å². The maximum absolute atomic E-state index is 12.1. The van der Waals surface area contributed by atoms with E-state index in [1.165, 1.54) is 0 Å². The molecule has 2 N–H and O–H groups in total. The van der Waals surface area contributed by atoms with E-state index in [0.717, 1.165) is 35.7 Å². The van der Waals surface area contributed by atoms with Gasteiger partial charge < -0.3 is 15.2 Å². The van der Waals surface area contributed by atoms with E-state index in [1.807, 2.05) is 36.7 Å². The molecule has 1 aliphatic rings. The highest BCUT2D eigenvalue weighted by Crippen LogP contribution is 2.27. The molecule has 2 aromatic rings. The fourth-order valence-corrected chi connectivity index (χ4v) is 2.50. The summed E-state index contributed by atoms with van der Waals surface area (Å²) >= 11 is 0. The van der Waals surface area contributed by atoms with Crippen LogP contribution in [0.1, 0.15) is 12.0 Å². The molecule has 0 unspecified atom stereocenters. The first-order chi connectivity index (χ1) is 10.1. The van der Waals surface area contributed by atoms with Crippen molar-refractivity contribution in [2.45, 2.75) is 13.3 Å². The summed E-state index contributed by atoms with van der Waals surface area (Å²) in [6.45, 7) is 3.86. The Kier molecular flexibility index (Phi) is 5.15. The number of carbonyl (C=O) groups is 1. The van der Waals surface area contributed by atoms with Gasteiger partial charge in [0.05, 0.1) is 0 Å². The van der Waals surface area contributed by atoms with Gasteiger partial charge in [0.15, 0.2) is 5.82 Å². The van der Waals surface area contributed by atoms with Crippen LogP contribution in [-0.4, -0.2) is 33.8 Å². The summed E-state index contributed by atoms with van der Waals surface area (Å²) in [7, 11) is 1.91. The van der Waals surface area contributed by atoms with E-state index in [2.05, 4.69) is 20.8 Å². The fraction of sp³-hybridized carbons (Fsp3) is 0.400. The van der Waals surface area contributed by atoms with Crippen molar-refractivity contribution >= 4 is 24.0 Å². The summed E-state index contributed by atoms with van der Waals surface area (Å²) in [5.74, 6) is 1.33. The summed E-state index contributed by atoms with van der Waals surface area (Å²) in [6, 6.07) is 5.84. The molecule has 1 saturated heterocycles. The minimum absolute atomic E-state index is 0. The van der Waals surface area contributed by atoms with E-state index in [1.54, 1.807) is 6.33 Å². The molecule has 1 amide bonds. The van der Waals surface area contributed by atoms with Crippen LogP contribution in [0.3, 0.4) is 0 Å². The van der Waals surface area contributed by atoms with Gasteiger partial charge in [0.25, 0.3) is 0 Å². The molecule has 7 heteroatoms. The maximum atomic E-state index is 12.1. The Balaban J connectivity index is 0.00000176. The van der Waals surface area contributed by atoms with E-state index >= 15 is 0 Å². The Labute approximate surface area is 135 Å². The number of nitrogens with zero attached hydrogens (tertiary/aromatic N) is 3.